The van der Waals surface area contributed by atoms with Gasteiger partial charge in [0.2, 0.25) is 0 Å². The number of ether oxygens (including phenoxy) is 2. The van der Waals surface area contributed by atoms with Crippen LogP contribution in [0.1, 0.15) is 28.0 Å². The first-order valence-corrected chi connectivity index (χ1v) is 15.1. The van der Waals surface area contributed by atoms with Crippen molar-refractivity contribution in [2.24, 2.45) is 0 Å². The van der Waals surface area contributed by atoms with E-state index in [1.54, 1.807) is 38.9 Å². The van der Waals surface area contributed by atoms with E-state index in [1.165, 1.54) is 0 Å². The molecule has 0 amide bonds. The van der Waals surface area contributed by atoms with Crippen molar-refractivity contribution in [3.63, 3.8) is 0 Å². The average molecular weight is 629 g/mol. The fourth-order valence-corrected chi connectivity index (χ4v) is 6.05. The number of pyridine rings is 1. The zero-order valence-electron chi connectivity index (χ0n) is 25.8. The van der Waals surface area contributed by atoms with Gasteiger partial charge in [-0.3, -0.25) is 4.98 Å². The molecule has 0 radical (unpaired) electrons. The molecule has 1 atom stereocenters. The minimum atomic E-state index is -0.0923. The van der Waals surface area contributed by atoms with Gasteiger partial charge in [0.25, 0.3) is 0 Å². The number of aliphatic hydroxyl groups excluding tert-OH is 2. The van der Waals surface area contributed by atoms with Crippen LogP contribution >= 0.6 is 0 Å². The van der Waals surface area contributed by atoms with Crippen molar-refractivity contribution in [2.45, 2.75) is 19.8 Å². The molecule has 3 aromatic heterocycles. The maximum Gasteiger partial charge on any atom is 0.141 e. The molecule has 1 aliphatic heterocycles. The Kier molecular flexibility index (Phi) is 8.19. The lowest BCUT2D eigenvalue weighted by Gasteiger charge is -2.27. The highest BCUT2D eigenvalue weighted by atomic mass is 16.5. The van der Waals surface area contributed by atoms with Crippen LogP contribution in [-0.4, -0.2) is 29.4 Å². The molecule has 1 unspecified atom stereocenters. The Balaban J connectivity index is 0.000000150. The molecule has 4 aromatic carbocycles. The molecule has 3 N–H and O–H groups in total. The van der Waals surface area contributed by atoms with Crippen LogP contribution in [-0.2, 0) is 19.8 Å². The predicted molar refractivity (Wildman–Crippen MR) is 180 cm³/mol. The highest BCUT2D eigenvalue weighted by Gasteiger charge is 2.25. The second kappa shape index (κ2) is 12.7. The molecule has 7 aromatic rings. The SMILES string of the molecule is COc1cc(CO)cc2c(-c3cc4ccccc4o3)cncc12.COc1cc(CO)cc2c1C[NH+]([O-])C=C2c1cc2ccccc2o1. The molecule has 9 heteroatoms. The molecule has 0 aliphatic carbocycles. The van der Waals surface area contributed by atoms with Crippen molar-refractivity contribution >= 4 is 38.3 Å². The quantitative estimate of drug-likeness (QED) is 0.182. The van der Waals surface area contributed by atoms with E-state index >= 15 is 0 Å². The number of quaternary nitrogens is 1. The fourth-order valence-electron chi connectivity index (χ4n) is 6.05. The van der Waals surface area contributed by atoms with Crippen LogP contribution in [0.25, 0.3) is 49.6 Å². The van der Waals surface area contributed by atoms with Gasteiger partial charge in [0.15, 0.2) is 0 Å². The number of benzene rings is 4. The molecule has 236 valence electrons. The molecular formula is C38H32N2O7. The minimum absolute atomic E-state index is 0.00741. The second-order valence-corrected chi connectivity index (χ2v) is 11.2. The molecule has 0 saturated carbocycles. The summed E-state index contributed by atoms with van der Waals surface area (Å²) < 4.78 is 22.8. The first kappa shape index (κ1) is 30.2. The lowest BCUT2D eigenvalue weighted by atomic mass is 9.93. The zero-order valence-corrected chi connectivity index (χ0v) is 25.8. The van der Waals surface area contributed by atoms with Gasteiger partial charge in [-0.2, -0.15) is 0 Å². The second-order valence-electron chi connectivity index (χ2n) is 11.2. The number of nitrogens with zero attached hydrogens (tertiary/aromatic N) is 1. The van der Waals surface area contributed by atoms with E-state index in [-0.39, 0.29) is 24.8 Å². The van der Waals surface area contributed by atoms with Crippen molar-refractivity contribution in [2.75, 3.05) is 14.2 Å². The van der Waals surface area contributed by atoms with E-state index in [0.29, 0.717) is 17.3 Å². The van der Waals surface area contributed by atoms with Gasteiger partial charge in [-0.25, -0.2) is 0 Å². The molecule has 0 spiro atoms. The first-order chi connectivity index (χ1) is 23.0. The first-order valence-electron chi connectivity index (χ1n) is 15.1. The lowest BCUT2D eigenvalue weighted by Crippen LogP contribution is -3.01. The van der Waals surface area contributed by atoms with Crippen LogP contribution in [0.2, 0.25) is 0 Å². The Morgan fingerprint density at radius 3 is 2.00 bits per heavy atom. The Bertz CT molecular complexity index is 2200. The van der Waals surface area contributed by atoms with Crippen LogP contribution in [0, 0.1) is 5.21 Å². The van der Waals surface area contributed by atoms with E-state index in [9.17, 15) is 15.4 Å². The summed E-state index contributed by atoms with van der Waals surface area (Å²) in [7, 11) is 3.18. The summed E-state index contributed by atoms with van der Waals surface area (Å²) in [5.74, 6) is 2.70. The van der Waals surface area contributed by atoms with Crippen molar-refractivity contribution in [1.29, 1.82) is 0 Å². The van der Waals surface area contributed by atoms with E-state index in [4.69, 9.17) is 18.3 Å². The third-order valence-electron chi connectivity index (χ3n) is 8.30. The maximum absolute atomic E-state index is 12.2. The zero-order chi connectivity index (χ0) is 32.5. The number of hydrogen-bond acceptors (Lipinski definition) is 8. The van der Waals surface area contributed by atoms with Gasteiger partial charge in [-0.15, -0.1) is 0 Å². The van der Waals surface area contributed by atoms with Crippen LogP contribution in [0.15, 0.2) is 112 Å². The van der Waals surface area contributed by atoms with Crippen LogP contribution in [0.4, 0.5) is 0 Å². The van der Waals surface area contributed by atoms with Gasteiger partial charge in [0, 0.05) is 39.7 Å². The number of aromatic nitrogens is 1. The van der Waals surface area contributed by atoms with Crippen LogP contribution in [0.3, 0.4) is 0 Å². The minimum Gasteiger partial charge on any atom is -0.629 e. The van der Waals surface area contributed by atoms with Gasteiger partial charge in [0.1, 0.15) is 46.9 Å². The third-order valence-corrected chi connectivity index (χ3v) is 8.30. The van der Waals surface area contributed by atoms with E-state index in [2.05, 4.69) is 4.98 Å². The summed E-state index contributed by atoms with van der Waals surface area (Å²) in [5, 5.41) is 35.1. The van der Waals surface area contributed by atoms with Crippen molar-refractivity contribution in [3.8, 4) is 22.8 Å². The smallest absolute Gasteiger partial charge is 0.141 e. The van der Waals surface area contributed by atoms with Gasteiger partial charge in [-0.1, -0.05) is 36.4 Å². The van der Waals surface area contributed by atoms with Crippen molar-refractivity contribution < 1.29 is 33.6 Å². The van der Waals surface area contributed by atoms with E-state index < -0.39 is 0 Å². The monoisotopic (exact) mass is 628 g/mol. The number of para-hydroxylation sites is 2. The van der Waals surface area contributed by atoms with Gasteiger partial charge in [-0.05, 0) is 65.0 Å². The van der Waals surface area contributed by atoms with Gasteiger partial charge >= 0.3 is 0 Å². The summed E-state index contributed by atoms with van der Waals surface area (Å²) in [6, 6.07) is 27.0. The summed E-state index contributed by atoms with van der Waals surface area (Å²) >= 11 is 0. The van der Waals surface area contributed by atoms with E-state index in [0.717, 1.165) is 71.9 Å². The average Bonchev–Trinajstić information content (AvgIpc) is 3.75. The molecule has 0 bridgehead atoms. The number of fused-ring (bicyclic) bond motifs is 4. The number of rotatable bonds is 6. The molecular weight excluding hydrogens is 596 g/mol. The molecule has 0 saturated heterocycles. The largest absolute Gasteiger partial charge is 0.629 e. The standard InChI is InChI=1S/C19H17NO4.C19H15NO3/c1-23-18-7-12(11-21)6-14-15(18)9-20(22)10-16(14)19-8-13-4-2-3-5-17(13)24-19;1-22-18-7-12(11-21)6-14-15(18)9-20-10-16(14)19-8-13-4-2-3-5-17(13)23-19/h2-8,10,20-21H,9,11H2,1H3;2-10,21H,11H2,1H3. The Morgan fingerprint density at radius 1 is 0.723 bits per heavy atom. The number of furan rings is 2. The molecule has 0 fully saturated rings. The van der Waals surface area contributed by atoms with Gasteiger partial charge in [0.05, 0.1) is 38.6 Å². The molecule has 4 heterocycles. The van der Waals surface area contributed by atoms with Crippen LogP contribution < -0.4 is 14.5 Å². The molecule has 8 rings (SSSR count). The number of hydrogen-bond donors (Lipinski definition) is 3. The Labute approximate surface area is 270 Å². The molecule has 9 nitrogen and oxygen atoms in total. The summed E-state index contributed by atoms with van der Waals surface area (Å²) in [6.07, 6.45) is 5.16. The molecule has 47 heavy (non-hydrogen) atoms. The maximum atomic E-state index is 12.2. The van der Waals surface area contributed by atoms with Crippen LogP contribution in [0.5, 0.6) is 11.5 Å². The predicted octanol–water partition coefficient (Wildman–Crippen LogP) is 6.37. The summed E-state index contributed by atoms with van der Waals surface area (Å²) in [4.78, 5) is 4.32. The normalized spacial score (nSPS) is 14.1. The number of hydroxylamine groups is 2. The number of nitrogens with one attached hydrogen (secondary N) is 1. The molecule has 1 aliphatic rings. The number of methoxy groups -OCH3 is 2. The summed E-state index contributed by atoms with van der Waals surface area (Å²) in [5.41, 5.74) is 6.45. The topological polar surface area (TPSA) is 126 Å². The van der Waals surface area contributed by atoms with Crippen molar-refractivity contribution in [3.05, 3.63) is 137 Å². The lowest BCUT2D eigenvalue weighted by molar-refractivity contribution is -0.806. The third kappa shape index (κ3) is 5.73. The van der Waals surface area contributed by atoms with Gasteiger partial charge < -0.3 is 38.8 Å². The fraction of sp³-hybridized carbons (Fsp3) is 0.132. The highest BCUT2D eigenvalue weighted by molar-refractivity contribution is 6.00. The Hall–Kier alpha value is -5.45. The Morgan fingerprint density at radius 2 is 1.34 bits per heavy atom. The van der Waals surface area contributed by atoms with E-state index in [1.807, 2.05) is 78.9 Å². The van der Waals surface area contributed by atoms with Crippen molar-refractivity contribution in [1.82, 2.24) is 4.98 Å². The highest BCUT2D eigenvalue weighted by Crippen LogP contribution is 2.38. The summed E-state index contributed by atoms with van der Waals surface area (Å²) in [6.45, 7) is 0.146. The number of aliphatic hydroxyl groups is 2.